The summed E-state index contributed by atoms with van der Waals surface area (Å²) in [6, 6.07) is 5.25. The number of carbonyl (C=O) groups excluding carboxylic acids is 1. The average molecular weight is 359 g/mol. The monoisotopic (exact) mass is 358 g/mol. The van der Waals surface area contributed by atoms with Gasteiger partial charge in [0.15, 0.2) is 5.78 Å². The first kappa shape index (κ1) is 15.6. The summed E-state index contributed by atoms with van der Waals surface area (Å²) in [5.41, 5.74) is -0.720. The standard InChI is InChI=1S/C15H10BrF3O2/c1-2-21-13-4-3-8(5-10(13)16)15(20)14-11(18)6-9(17)7-12(14)19/h3-7H,2H2,1H3. The Labute approximate surface area is 127 Å². The minimum atomic E-state index is -1.23. The van der Waals surface area contributed by atoms with Gasteiger partial charge >= 0.3 is 0 Å². The van der Waals surface area contributed by atoms with Crippen LogP contribution in [-0.2, 0) is 0 Å². The molecule has 0 saturated heterocycles. The highest BCUT2D eigenvalue weighted by Gasteiger charge is 2.21. The molecule has 0 amide bonds. The van der Waals surface area contributed by atoms with Crippen LogP contribution in [0.5, 0.6) is 5.75 Å². The van der Waals surface area contributed by atoms with Crippen molar-refractivity contribution in [2.24, 2.45) is 0 Å². The quantitative estimate of drug-likeness (QED) is 0.752. The molecule has 2 rings (SSSR count). The van der Waals surface area contributed by atoms with Crippen LogP contribution in [-0.4, -0.2) is 12.4 Å². The van der Waals surface area contributed by atoms with Crippen molar-refractivity contribution in [3.63, 3.8) is 0 Å². The van der Waals surface area contributed by atoms with Crippen LogP contribution in [0.15, 0.2) is 34.8 Å². The van der Waals surface area contributed by atoms with Gasteiger partial charge in [-0.2, -0.15) is 0 Å². The third-order valence-corrected chi connectivity index (χ3v) is 3.35. The van der Waals surface area contributed by atoms with Gasteiger partial charge < -0.3 is 4.74 Å². The van der Waals surface area contributed by atoms with Gasteiger partial charge in [-0.1, -0.05) is 0 Å². The van der Waals surface area contributed by atoms with Crippen LogP contribution in [0.2, 0.25) is 0 Å². The van der Waals surface area contributed by atoms with Gasteiger partial charge in [0.25, 0.3) is 0 Å². The van der Waals surface area contributed by atoms with Crippen LogP contribution in [0.25, 0.3) is 0 Å². The van der Waals surface area contributed by atoms with E-state index in [2.05, 4.69) is 15.9 Å². The Hall–Kier alpha value is -1.82. The third-order valence-electron chi connectivity index (χ3n) is 2.73. The normalized spacial score (nSPS) is 10.5. The van der Waals surface area contributed by atoms with E-state index in [9.17, 15) is 18.0 Å². The molecule has 0 aliphatic heterocycles. The van der Waals surface area contributed by atoms with Gasteiger partial charge in [-0.25, -0.2) is 13.2 Å². The molecule has 0 spiro atoms. The molecular formula is C15H10BrF3O2. The Morgan fingerprint density at radius 2 is 1.76 bits per heavy atom. The SMILES string of the molecule is CCOc1ccc(C(=O)c2c(F)cc(F)cc2F)cc1Br. The van der Waals surface area contributed by atoms with Crippen molar-refractivity contribution in [2.45, 2.75) is 6.92 Å². The predicted octanol–water partition coefficient (Wildman–Crippen LogP) is 4.50. The van der Waals surface area contributed by atoms with E-state index < -0.39 is 28.8 Å². The molecule has 0 heterocycles. The Morgan fingerprint density at radius 1 is 1.14 bits per heavy atom. The molecule has 2 aromatic rings. The van der Waals surface area contributed by atoms with Crippen molar-refractivity contribution in [1.29, 1.82) is 0 Å². The summed E-state index contributed by atoms with van der Waals surface area (Å²) in [6.07, 6.45) is 0. The van der Waals surface area contributed by atoms with Crippen molar-refractivity contribution >= 4 is 21.7 Å². The van der Waals surface area contributed by atoms with E-state index >= 15 is 0 Å². The van der Waals surface area contributed by atoms with E-state index in [4.69, 9.17) is 4.74 Å². The minimum absolute atomic E-state index is 0.0646. The molecule has 0 radical (unpaired) electrons. The molecule has 21 heavy (non-hydrogen) atoms. The van der Waals surface area contributed by atoms with Gasteiger partial charge in [-0.3, -0.25) is 4.79 Å². The smallest absolute Gasteiger partial charge is 0.198 e. The van der Waals surface area contributed by atoms with E-state index in [1.807, 2.05) is 0 Å². The molecule has 0 bridgehead atoms. The Morgan fingerprint density at radius 3 is 2.29 bits per heavy atom. The fourth-order valence-corrected chi connectivity index (χ4v) is 2.31. The van der Waals surface area contributed by atoms with Crippen LogP contribution in [0, 0.1) is 17.5 Å². The number of benzene rings is 2. The summed E-state index contributed by atoms with van der Waals surface area (Å²) in [6.45, 7) is 2.24. The van der Waals surface area contributed by atoms with Gasteiger partial charge in [0.2, 0.25) is 0 Å². The van der Waals surface area contributed by atoms with Crippen LogP contribution >= 0.6 is 15.9 Å². The van der Waals surface area contributed by atoms with E-state index in [0.717, 1.165) is 0 Å². The molecule has 6 heteroatoms. The molecule has 2 aromatic carbocycles. The molecule has 0 N–H and O–H groups in total. The molecular weight excluding hydrogens is 349 g/mol. The van der Waals surface area contributed by atoms with Crippen LogP contribution in [0.1, 0.15) is 22.8 Å². The summed E-state index contributed by atoms with van der Waals surface area (Å²) in [7, 11) is 0. The second-order valence-electron chi connectivity index (χ2n) is 4.15. The van der Waals surface area contributed by atoms with Crippen molar-refractivity contribution in [2.75, 3.05) is 6.61 Å². The topological polar surface area (TPSA) is 26.3 Å². The molecule has 2 nitrogen and oxygen atoms in total. The highest BCUT2D eigenvalue weighted by Crippen LogP contribution is 2.28. The first-order chi connectivity index (χ1) is 9.93. The van der Waals surface area contributed by atoms with Gasteiger partial charge in [-0.05, 0) is 41.1 Å². The van der Waals surface area contributed by atoms with E-state index in [1.165, 1.54) is 18.2 Å². The summed E-state index contributed by atoms with van der Waals surface area (Å²) in [5, 5.41) is 0. The molecule has 0 aliphatic rings. The molecule has 0 saturated carbocycles. The van der Waals surface area contributed by atoms with Crippen molar-refractivity contribution < 1.29 is 22.7 Å². The van der Waals surface area contributed by atoms with Crippen LogP contribution in [0.3, 0.4) is 0 Å². The highest BCUT2D eigenvalue weighted by molar-refractivity contribution is 9.10. The molecule has 0 fully saturated rings. The van der Waals surface area contributed by atoms with Crippen molar-refractivity contribution in [3.8, 4) is 5.75 Å². The lowest BCUT2D eigenvalue weighted by Crippen LogP contribution is -2.08. The van der Waals surface area contributed by atoms with Gasteiger partial charge in [0.1, 0.15) is 23.2 Å². The van der Waals surface area contributed by atoms with Crippen LogP contribution < -0.4 is 4.74 Å². The summed E-state index contributed by atoms with van der Waals surface area (Å²) in [5.74, 6) is -3.90. The van der Waals surface area contributed by atoms with Crippen LogP contribution in [0.4, 0.5) is 13.2 Å². The summed E-state index contributed by atoms with van der Waals surface area (Å²) in [4.78, 5) is 12.2. The number of halogens is 4. The van der Waals surface area contributed by atoms with Crippen molar-refractivity contribution in [3.05, 3.63) is 63.4 Å². The van der Waals surface area contributed by atoms with Gasteiger partial charge in [0, 0.05) is 17.7 Å². The maximum Gasteiger partial charge on any atom is 0.198 e. The number of hydrogen-bond donors (Lipinski definition) is 0. The molecule has 0 atom stereocenters. The average Bonchev–Trinajstić information content (AvgIpc) is 2.40. The summed E-state index contributed by atoms with van der Waals surface area (Å²) < 4.78 is 45.9. The number of ether oxygens (including phenoxy) is 1. The van der Waals surface area contributed by atoms with Crippen molar-refractivity contribution in [1.82, 2.24) is 0 Å². The lowest BCUT2D eigenvalue weighted by Gasteiger charge is -2.08. The lowest BCUT2D eigenvalue weighted by atomic mass is 10.0. The number of hydrogen-bond acceptors (Lipinski definition) is 2. The zero-order valence-electron chi connectivity index (χ0n) is 10.9. The number of carbonyl (C=O) groups is 1. The highest BCUT2D eigenvalue weighted by atomic mass is 79.9. The molecule has 0 aliphatic carbocycles. The Balaban J connectivity index is 2.43. The third kappa shape index (κ3) is 3.26. The van der Waals surface area contributed by atoms with Gasteiger partial charge in [-0.15, -0.1) is 0 Å². The maximum atomic E-state index is 13.6. The number of rotatable bonds is 4. The molecule has 0 aromatic heterocycles. The maximum absolute atomic E-state index is 13.6. The zero-order valence-corrected chi connectivity index (χ0v) is 12.5. The molecule has 0 unspecified atom stereocenters. The van der Waals surface area contributed by atoms with E-state index in [-0.39, 0.29) is 5.56 Å². The predicted molar refractivity (Wildman–Crippen MR) is 75.1 cm³/mol. The first-order valence-electron chi connectivity index (χ1n) is 6.05. The van der Waals surface area contributed by atoms with E-state index in [1.54, 1.807) is 6.92 Å². The largest absolute Gasteiger partial charge is 0.493 e. The lowest BCUT2D eigenvalue weighted by molar-refractivity contribution is 0.103. The first-order valence-corrected chi connectivity index (χ1v) is 6.85. The Kier molecular flexibility index (Phi) is 4.67. The Bertz CT molecular complexity index is 678. The zero-order chi connectivity index (χ0) is 15.6. The second kappa shape index (κ2) is 6.30. The van der Waals surface area contributed by atoms with E-state index in [0.29, 0.717) is 29.0 Å². The number of ketones is 1. The fraction of sp³-hybridized carbons (Fsp3) is 0.133. The molecule has 110 valence electrons. The second-order valence-corrected chi connectivity index (χ2v) is 5.01. The fourth-order valence-electron chi connectivity index (χ4n) is 1.82. The summed E-state index contributed by atoms with van der Waals surface area (Å²) >= 11 is 3.21. The minimum Gasteiger partial charge on any atom is -0.493 e. The van der Waals surface area contributed by atoms with Gasteiger partial charge in [0.05, 0.1) is 16.6 Å².